The molecule has 0 aromatic heterocycles. The summed E-state index contributed by atoms with van der Waals surface area (Å²) in [4.78, 5) is 12.5. The van der Waals surface area contributed by atoms with Gasteiger partial charge in [-0.2, -0.15) is 0 Å². The average molecular weight is 308 g/mol. The monoisotopic (exact) mass is 307 g/mol. The third kappa shape index (κ3) is 2.04. The lowest BCUT2D eigenvalue weighted by Crippen LogP contribution is -2.55. The Morgan fingerprint density at radius 1 is 1.27 bits per heavy atom. The van der Waals surface area contributed by atoms with Crippen LogP contribution in [0.3, 0.4) is 0 Å². The molecule has 1 aliphatic heterocycles. The smallest absolute Gasteiger partial charge is 0.235 e. The van der Waals surface area contributed by atoms with Crippen molar-refractivity contribution in [2.45, 2.75) is 84.2 Å². The molecule has 0 amide bonds. The standard InChI is InChI=1S/C19H35N2O/c1-7-8-9-10-16(22)12-19-15(3)11-14(2)17(4,13-20)18(19,5)21(19)6/h14-15H,6-13,20H2,1-5H3/q+1. The van der Waals surface area contributed by atoms with Gasteiger partial charge in [-0.15, -0.1) is 0 Å². The van der Waals surface area contributed by atoms with Crippen molar-refractivity contribution >= 4 is 12.5 Å². The normalized spacial score (nSPS) is 43.8. The average Bonchev–Trinajstić information content (AvgIpc) is 2.96. The van der Waals surface area contributed by atoms with Gasteiger partial charge in [0.1, 0.15) is 12.5 Å². The number of fused-ring (bicyclic) bond motifs is 1. The van der Waals surface area contributed by atoms with Crippen LogP contribution in [0.4, 0.5) is 0 Å². The van der Waals surface area contributed by atoms with Gasteiger partial charge in [0, 0.05) is 25.8 Å². The van der Waals surface area contributed by atoms with Crippen LogP contribution in [0, 0.1) is 17.3 Å². The molecule has 0 bridgehead atoms. The molecule has 2 N–H and O–H groups in total. The molecule has 22 heavy (non-hydrogen) atoms. The molecule has 0 aromatic rings. The maximum atomic E-state index is 12.5. The molecule has 1 aliphatic carbocycles. The molecule has 1 saturated heterocycles. The predicted octanol–water partition coefficient (Wildman–Crippen LogP) is 3.39. The van der Waals surface area contributed by atoms with Crippen molar-refractivity contribution in [1.29, 1.82) is 0 Å². The van der Waals surface area contributed by atoms with Crippen LogP contribution in [-0.4, -0.2) is 34.7 Å². The Labute approximate surface area is 136 Å². The van der Waals surface area contributed by atoms with Crippen molar-refractivity contribution < 1.29 is 9.37 Å². The number of ketones is 1. The number of carbonyl (C=O) groups is 1. The summed E-state index contributed by atoms with van der Waals surface area (Å²) < 4.78 is 2.23. The molecule has 1 heterocycles. The van der Waals surface area contributed by atoms with Crippen LogP contribution in [0.1, 0.15) is 73.1 Å². The molecule has 2 aliphatic rings. The zero-order valence-electron chi connectivity index (χ0n) is 15.2. The van der Waals surface area contributed by atoms with Crippen LogP contribution >= 0.6 is 0 Å². The number of hydrogen-bond acceptors (Lipinski definition) is 2. The molecule has 1 saturated carbocycles. The topological polar surface area (TPSA) is 46.1 Å². The third-order valence-corrected chi connectivity index (χ3v) is 7.49. The van der Waals surface area contributed by atoms with Gasteiger partial charge in [0.15, 0.2) is 0 Å². The minimum absolute atomic E-state index is 0.0327. The van der Waals surface area contributed by atoms with E-state index < -0.39 is 0 Å². The lowest BCUT2D eigenvalue weighted by Gasteiger charge is -2.42. The number of nitrogens with zero attached hydrogens (tertiary/aromatic N) is 1. The fraction of sp³-hybridized carbons (Fsp3) is 0.895. The molecule has 0 radical (unpaired) electrons. The summed E-state index contributed by atoms with van der Waals surface area (Å²) in [5.74, 6) is 1.47. The van der Waals surface area contributed by atoms with E-state index in [-0.39, 0.29) is 16.5 Å². The fourth-order valence-corrected chi connectivity index (χ4v) is 5.44. The molecule has 0 spiro atoms. The summed E-state index contributed by atoms with van der Waals surface area (Å²) in [7, 11) is 0. The summed E-state index contributed by atoms with van der Waals surface area (Å²) in [5.41, 5.74) is 6.10. The number of unbranched alkanes of at least 4 members (excludes halogenated alkanes) is 2. The fourth-order valence-electron chi connectivity index (χ4n) is 5.44. The molecule has 2 fully saturated rings. The summed E-state index contributed by atoms with van der Waals surface area (Å²) >= 11 is 0. The second kappa shape index (κ2) is 5.74. The minimum atomic E-state index is -0.0725. The van der Waals surface area contributed by atoms with E-state index >= 15 is 0 Å². The minimum Gasteiger partial charge on any atom is -0.330 e. The quantitative estimate of drug-likeness (QED) is 0.445. The Morgan fingerprint density at radius 2 is 1.91 bits per heavy atom. The number of Topliss-reactive ketones (excluding diaryl/α,β-unsaturated/α-hetero) is 1. The van der Waals surface area contributed by atoms with Crippen LogP contribution in [0.5, 0.6) is 0 Å². The van der Waals surface area contributed by atoms with Crippen LogP contribution in [-0.2, 0) is 4.79 Å². The molecule has 126 valence electrons. The van der Waals surface area contributed by atoms with E-state index in [1.807, 2.05) is 0 Å². The Hall–Kier alpha value is -0.700. The predicted molar refractivity (Wildman–Crippen MR) is 92.4 cm³/mol. The van der Waals surface area contributed by atoms with E-state index in [2.05, 4.69) is 45.9 Å². The first-order valence-corrected chi connectivity index (χ1v) is 9.05. The van der Waals surface area contributed by atoms with E-state index in [0.29, 0.717) is 30.6 Å². The molecule has 2 rings (SSSR count). The van der Waals surface area contributed by atoms with E-state index in [4.69, 9.17) is 5.73 Å². The van der Waals surface area contributed by atoms with Crippen molar-refractivity contribution in [1.82, 2.24) is 0 Å². The molecular weight excluding hydrogens is 272 g/mol. The molecule has 5 atom stereocenters. The lowest BCUT2D eigenvalue weighted by molar-refractivity contribution is -0.433. The third-order valence-electron chi connectivity index (χ3n) is 7.49. The second-order valence-corrected chi connectivity index (χ2v) is 8.26. The van der Waals surface area contributed by atoms with E-state index in [0.717, 1.165) is 32.1 Å². The van der Waals surface area contributed by atoms with Gasteiger partial charge in [-0.3, -0.25) is 4.79 Å². The summed E-state index contributed by atoms with van der Waals surface area (Å²) in [6.07, 6.45) is 5.85. The van der Waals surface area contributed by atoms with Crippen LogP contribution in [0.25, 0.3) is 0 Å². The van der Waals surface area contributed by atoms with E-state index in [9.17, 15) is 4.79 Å². The van der Waals surface area contributed by atoms with Gasteiger partial charge in [-0.05, 0) is 18.8 Å². The largest absolute Gasteiger partial charge is 0.330 e. The molecular formula is C19H35N2O+. The van der Waals surface area contributed by atoms with Crippen LogP contribution in [0.15, 0.2) is 0 Å². The maximum Gasteiger partial charge on any atom is 0.235 e. The zero-order chi connectivity index (χ0) is 16.8. The van der Waals surface area contributed by atoms with Gasteiger partial charge in [-0.1, -0.05) is 40.5 Å². The van der Waals surface area contributed by atoms with Gasteiger partial charge in [0.2, 0.25) is 11.1 Å². The summed E-state index contributed by atoms with van der Waals surface area (Å²) in [6.45, 7) is 16.4. The lowest BCUT2D eigenvalue weighted by atomic mass is 9.54. The summed E-state index contributed by atoms with van der Waals surface area (Å²) in [5, 5.41) is 0. The van der Waals surface area contributed by atoms with Crippen molar-refractivity contribution in [2.24, 2.45) is 23.0 Å². The molecule has 3 nitrogen and oxygen atoms in total. The van der Waals surface area contributed by atoms with Crippen molar-refractivity contribution in [3.63, 3.8) is 0 Å². The van der Waals surface area contributed by atoms with Gasteiger partial charge in [-0.25, -0.2) is 4.58 Å². The Bertz CT molecular complexity index is 474. The number of carbonyl (C=O) groups excluding carboxylic acids is 1. The first-order chi connectivity index (χ1) is 10.2. The van der Waals surface area contributed by atoms with Gasteiger partial charge in [0.05, 0.1) is 11.8 Å². The Kier molecular flexibility index (Phi) is 4.60. The Balaban J connectivity index is 2.22. The SMILES string of the molecule is C=[N+]1C2(CC(=O)CCCCC)C(C)CC(C)C(C)(CN)C12C. The van der Waals surface area contributed by atoms with Crippen LogP contribution in [0.2, 0.25) is 0 Å². The molecule has 0 aromatic carbocycles. The highest BCUT2D eigenvalue weighted by Crippen LogP contribution is 2.68. The van der Waals surface area contributed by atoms with Crippen molar-refractivity contribution in [3.8, 4) is 0 Å². The van der Waals surface area contributed by atoms with Crippen LogP contribution < -0.4 is 5.73 Å². The van der Waals surface area contributed by atoms with E-state index in [1.54, 1.807) is 0 Å². The molecule has 5 unspecified atom stereocenters. The highest BCUT2D eigenvalue weighted by molar-refractivity contribution is 5.80. The number of hydrogen-bond donors (Lipinski definition) is 1. The van der Waals surface area contributed by atoms with Gasteiger partial charge in [0.25, 0.3) is 0 Å². The highest BCUT2D eigenvalue weighted by Gasteiger charge is 2.90. The Morgan fingerprint density at radius 3 is 2.45 bits per heavy atom. The van der Waals surface area contributed by atoms with Crippen molar-refractivity contribution in [2.75, 3.05) is 6.54 Å². The first-order valence-electron chi connectivity index (χ1n) is 9.05. The van der Waals surface area contributed by atoms with Gasteiger partial charge >= 0.3 is 0 Å². The van der Waals surface area contributed by atoms with E-state index in [1.165, 1.54) is 0 Å². The van der Waals surface area contributed by atoms with Crippen molar-refractivity contribution in [3.05, 3.63) is 0 Å². The first kappa shape index (κ1) is 17.7. The number of rotatable bonds is 7. The maximum absolute atomic E-state index is 12.5. The second-order valence-electron chi connectivity index (χ2n) is 8.26. The number of nitrogens with two attached hydrogens (primary N) is 1. The highest BCUT2D eigenvalue weighted by atomic mass is 16.1. The zero-order valence-corrected chi connectivity index (χ0v) is 15.2. The summed E-state index contributed by atoms with van der Waals surface area (Å²) in [6, 6.07) is 0. The van der Waals surface area contributed by atoms with Gasteiger partial charge < -0.3 is 5.73 Å². The molecule has 3 heteroatoms.